The highest BCUT2D eigenvalue weighted by Crippen LogP contribution is 2.51. The molecule has 3 aromatic carbocycles. The van der Waals surface area contributed by atoms with Crippen molar-refractivity contribution in [2.45, 2.75) is 38.5 Å². The number of furan rings is 1. The summed E-state index contributed by atoms with van der Waals surface area (Å²) < 4.78 is 18.0. The fourth-order valence-electron chi connectivity index (χ4n) is 6.96. The van der Waals surface area contributed by atoms with Crippen LogP contribution in [0.1, 0.15) is 44.1 Å². The Morgan fingerprint density at radius 2 is 1.63 bits per heavy atom. The van der Waals surface area contributed by atoms with Gasteiger partial charge in [-0.15, -0.1) is 0 Å². The maximum absolute atomic E-state index is 9.11. The third-order valence-electron chi connectivity index (χ3n) is 9.02. The van der Waals surface area contributed by atoms with Gasteiger partial charge in [0, 0.05) is 41.4 Å². The van der Waals surface area contributed by atoms with Gasteiger partial charge in [-0.3, -0.25) is 4.98 Å². The largest absolute Gasteiger partial charge is 0.454 e. The summed E-state index contributed by atoms with van der Waals surface area (Å²) in [7, 11) is 2.09. The zero-order valence-electron chi connectivity index (χ0n) is 22.9. The monoisotopic (exact) mass is 496 g/mol. The molecule has 3 heterocycles. The Morgan fingerprint density at radius 3 is 2.45 bits per heavy atom. The SMILES string of the molecule is [2H]C1(c2ccc(-c3cc[n+](C)c(-c4c(C)ccc5c4oc4c6ccccc6ccc54)c3)nc2)CC2CC(C2)C1. The molecule has 186 valence electrons. The van der Waals surface area contributed by atoms with Gasteiger partial charge in [0.1, 0.15) is 18.2 Å². The van der Waals surface area contributed by atoms with Crippen molar-refractivity contribution >= 4 is 32.7 Å². The standard InChI is InChI=1S/C35H31N2O/c1-21-7-10-30-29-11-8-24-5-3-4-6-28(24)34(29)38-35(30)33(21)32-19-25(13-14-37(32)2)31-12-9-26(20-36-31)27-17-22-15-23(16-22)18-27/h3-14,19-20,22-23,27H,15-18H2,1-2H3/q+1/i27D. The van der Waals surface area contributed by atoms with Crippen LogP contribution < -0.4 is 4.57 Å². The van der Waals surface area contributed by atoms with Gasteiger partial charge in [0.2, 0.25) is 5.69 Å². The van der Waals surface area contributed by atoms with Crippen molar-refractivity contribution in [3.63, 3.8) is 0 Å². The molecule has 0 radical (unpaired) electrons. The molecule has 0 aliphatic heterocycles. The molecule has 3 nitrogen and oxygen atoms in total. The quantitative estimate of drug-likeness (QED) is 0.230. The summed E-state index contributed by atoms with van der Waals surface area (Å²) >= 11 is 0. The molecule has 6 aromatic rings. The fourth-order valence-corrected chi connectivity index (χ4v) is 6.96. The van der Waals surface area contributed by atoms with Crippen LogP contribution in [0.2, 0.25) is 0 Å². The molecule has 3 fully saturated rings. The van der Waals surface area contributed by atoms with Crippen LogP contribution in [-0.4, -0.2) is 4.98 Å². The van der Waals surface area contributed by atoms with E-state index in [4.69, 9.17) is 10.8 Å². The van der Waals surface area contributed by atoms with Gasteiger partial charge in [-0.1, -0.05) is 48.5 Å². The lowest BCUT2D eigenvalue weighted by Crippen LogP contribution is -2.32. The highest BCUT2D eigenvalue weighted by molar-refractivity contribution is 6.17. The van der Waals surface area contributed by atoms with Gasteiger partial charge in [0.25, 0.3) is 0 Å². The van der Waals surface area contributed by atoms with Crippen LogP contribution in [0.15, 0.2) is 89.6 Å². The summed E-state index contributed by atoms with van der Waals surface area (Å²) in [6.07, 6.45) is 8.66. The van der Waals surface area contributed by atoms with Crippen molar-refractivity contribution in [2.75, 3.05) is 0 Å². The second kappa shape index (κ2) is 8.26. The van der Waals surface area contributed by atoms with E-state index in [2.05, 4.69) is 97.5 Å². The summed E-state index contributed by atoms with van der Waals surface area (Å²) in [5.74, 6) is 1.00. The van der Waals surface area contributed by atoms with Crippen molar-refractivity contribution < 1.29 is 10.4 Å². The average molecular weight is 497 g/mol. The number of benzene rings is 3. The lowest BCUT2D eigenvalue weighted by Gasteiger charge is -2.45. The number of pyridine rings is 2. The van der Waals surface area contributed by atoms with Crippen molar-refractivity contribution in [1.29, 1.82) is 0 Å². The molecule has 0 unspecified atom stereocenters. The van der Waals surface area contributed by atoms with Crippen LogP contribution in [0.3, 0.4) is 0 Å². The van der Waals surface area contributed by atoms with Crippen molar-refractivity contribution in [3.05, 3.63) is 96.3 Å². The highest BCUT2D eigenvalue weighted by Gasteiger charge is 2.38. The lowest BCUT2D eigenvalue weighted by atomic mass is 9.60. The normalized spacial score (nSPS) is 23.1. The van der Waals surface area contributed by atoms with E-state index < -0.39 is 5.89 Å². The van der Waals surface area contributed by atoms with E-state index in [-0.39, 0.29) is 0 Å². The number of hydrogen-bond acceptors (Lipinski definition) is 2. The van der Waals surface area contributed by atoms with E-state index in [0.29, 0.717) is 0 Å². The molecule has 0 spiro atoms. The predicted molar refractivity (Wildman–Crippen MR) is 154 cm³/mol. The van der Waals surface area contributed by atoms with Crippen molar-refractivity contribution in [3.8, 4) is 22.5 Å². The zero-order chi connectivity index (χ0) is 26.3. The Bertz CT molecular complexity index is 1900. The van der Waals surface area contributed by atoms with Crippen LogP contribution in [0.25, 0.3) is 55.2 Å². The van der Waals surface area contributed by atoms with Gasteiger partial charge < -0.3 is 4.42 Å². The third kappa shape index (κ3) is 3.34. The molecule has 0 atom stereocenters. The summed E-state index contributed by atoms with van der Waals surface area (Å²) in [4.78, 5) is 4.87. The Hall–Kier alpha value is -3.98. The van der Waals surface area contributed by atoms with Crippen LogP contribution in [0.5, 0.6) is 0 Å². The van der Waals surface area contributed by atoms with Gasteiger partial charge in [-0.05, 0) is 79.0 Å². The Morgan fingerprint density at radius 1 is 0.842 bits per heavy atom. The first kappa shape index (κ1) is 21.0. The van der Waals surface area contributed by atoms with E-state index in [1.165, 1.54) is 23.8 Å². The van der Waals surface area contributed by atoms with Crippen molar-refractivity contribution in [1.82, 2.24) is 4.98 Å². The first-order valence-electron chi connectivity index (χ1n) is 14.3. The smallest absolute Gasteiger partial charge is 0.217 e. The van der Waals surface area contributed by atoms with Crippen LogP contribution >= 0.6 is 0 Å². The minimum absolute atomic E-state index is 0.468. The number of hydrogen-bond donors (Lipinski definition) is 0. The number of aromatic nitrogens is 2. The van der Waals surface area contributed by atoms with E-state index in [1.54, 1.807) is 0 Å². The van der Waals surface area contributed by atoms with Gasteiger partial charge in [-0.25, -0.2) is 4.57 Å². The number of aryl methyl sites for hydroxylation is 2. The number of rotatable bonds is 3. The molecule has 0 amide bonds. The van der Waals surface area contributed by atoms with Crippen LogP contribution in [0.4, 0.5) is 0 Å². The van der Waals surface area contributed by atoms with E-state index in [0.717, 1.165) is 80.1 Å². The molecule has 2 bridgehead atoms. The summed E-state index contributed by atoms with van der Waals surface area (Å²) in [5, 5.41) is 4.60. The molecule has 3 saturated carbocycles. The Balaban J connectivity index is 1.24. The number of nitrogens with zero attached hydrogens (tertiary/aromatic N) is 2. The fraction of sp³-hybridized carbons (Fsp3) is 0.257. The second-order valence-electron chi connectivity index (χ2n) is 11.5. The van der Waals surface area contributed by atoms with Gasteiger partial charge >= 0.3 is 0 Å². The topological polar surface area (TPSA) is 29.9 Å². The minimum Gasteiger partial charge on any atom is -0.454 e. The van der Waals surface area contributed by atoms with Crippen molar-refractivity contribution in [2.24, 2.45) is 18.9 Å². The predicted octanol–water partition coefficient (Wildman–Crippen LogP) is 8.50. The summed E-state index contributed by atoms with van der Waals surface area (Å²) in [5.41, 5.74) is 8.31. The maximum Gasteiger partial charge on any atom is 0.217 e. The summed E-state index contributed by atoms with van der Waals surface area (Å²) in [6.45, 7) is 2.15. The molecule has 3 aromatic heterocycles. The highest BCUT2D eigenvalue weighted by atomic mass is 16.3. The van der Waals surface area contributed by atoms with E-state index >= 15 is 0 Å². The summed E-state index contributed by atoms with van der Waals surface area (Å²) in [6, 6.07) is 25.8. The van der Waals surface area contributed by atoms with Gasteiger partial charge in [0.05, 0.1) is 11.3 Å². The molecule has 0 saturated heterocycles. The molecular formula is C35H31N2O+. The molecule has 3 heteroatoms. The molecule has 0 N–H and O–H groups in total. The average Bonchev–Trinajstić information content (AvgIpc) is 3.32. The first-order valence-corrected chi connectivity index (χ1v) is 13.8. The Labute approximate surface area is 224 Å². The van der Waals surface area contributed by atoms with Crippen LogP contribution in [0, 0.1) is 18.8 Å². The first-order chi connectivity index (χ1) is 19.0. The maximum atomic E-state index is 9.11. The Kier molecular flexibility index (Phi) is 4.57. The molecular weight excluding hydrogens is 464 g/mol. The molecule has 38 heavy (non-hydrogen) atoms. The lowest BCUT2D eigenvalue weighted by molar-refractivity contribution is -0.660. The molecule has 3 aliphatic carbocycles. The van der Waals surface area contributed by atoms with Crippen LogP contribution in [-0.2, 0) is 7.05 Å². The van der Waals surface area contributed by atoms with Gasteiger partial charge in [-0.2, -0.15) is 0 Å². The number of fused-ring (bicyclic) bond motifs is 7. The third-order valence-corrected chi connectivity index (χ3v) is 9.02. The van der Waals surface area contributed by atoms with Gasteiger partial charge in [0.15, 0.2) is 6.20 Å². The zero-order valence-corrected chi connectivity index (χ0v) is 21.9. The minimum atomic E-state index is -0.468. The second-order valence-corrected chi connectivity index (χ2v) is 11.5. The van der Waals surface area contributed by atoms with E-state index in [1.807, 2.05) is 6.20 Å². The molecule has 3 aliphatic rings. The molecule has 9 rings (SSSR count). The van der Waals surface area contributed by atoms with E-state index in [9.17, 15) is 0 Å².